The van der Waals surface area contributed by atoms with Crippen molar-refractivity contribution in [3.63, 3.8) is 0 Å². The Morgan fingerprint density at radius 2 is 1.75 bits per heavy atom. The van der Waals surface area contributed by atoms with Crippen molar-refractivity contribution in [2.75, 3.05) is 38.2 Å². The summed E-state index contributed by atoms with van der Waals surface area (Å²) in [6, 6.07) is 5.21. The number of anilines is 2. The maximum Gasteiger partial charge on any atom is 0.355 e. The highest BCUT2D eigenvalue weighted by Gasteiger charge is 2.28. The van der Waals surface area contributed by atoms with Crippen LogP contribution in [0.2, 0.25) is 0 Å². The van der Waals surface area contributed by atoms with Gasteiger partial charge in [-0.15, -0.1) is 0 Å². The van der Waals surface area contributed by atoms with E-state index < -0.39 is 11.9 Å². The first kappa shape index (κ1) is 20.9. The summed E-state index contributed by atoms with van der Waals surface area (Å²) in [7, 11) is 3.89. The second kappa shape index (κ2) is 9.52. The first-order chi connectivity index (χ1) is 13.4. The van der Waals surface area contributed by atoms with Gasteiger partial charge >= 0.3 is 11.9 Å². The van der Waals surface area contributed by atoms with Gasteiger partial charge in [-0.1, -0.05) is 12.1 Å². The van der Waals surface area contributed by atoms with E-state index in [1.807, 2.05) is 6.92 Å². The third kappa shape index (κ3) is 4.66. The minimum atomic E-state index is -0.704. The molecule has 0 atom stereocenters. The van der Waals surface area contributed by atoms with Gasteiger partial charge in [0.25, 0.3) is 0 Å². The van der Waals surface area contributed by atoms with Crippen molar-refractivity contribution in [3.8, 4) is 0 Å². The molecule has 0 bridgehead atoms. The number of ether oxygens (including phenoxy) is 3. The molecular formula is C20H22N2O6. The van der Waals surface area contributed by atoms with E-state index in [2.05, 4.69) is 5.32 Å². The molecule has 0 saturated carbocycles. The molecular weight excluding hydrogens is 364 g/mol. The lowest BCUT2D eigenvalue weighted by atomic mass is 10.1. The fourth-order valence-electron chi connectivity index (χ4n) is 2.63. The number of carbonyl (C=O) groups excluding carboxylic acids is 3. The normalized spacial score (nSPS) is 13.2. The van der Waals surface area contributed by atoms with Crippen LogP contribution in [0, 0.1) is 6.92 Å². The molecule has 148 valence electrons. The molecule has 0 aromatic heterocycles. The molecule has 0 aliphatic carbocycles. The average Bonchev–Trinajstić information content (AvgIpc) is 2.91. The van der Waals surface area contributed by atoms with Crippen LogP contribution in [0.5, 0.6) is 0 Å². The third-order valence-corrected chi connectivity index (χ3v) is 3.92. The number of rotatable bonds is 6. The molecule has 0 unspecified atom stereocenters. The number of aryl methyl sites for hydroxylation is 1. The van der Waals surface area contributed by atoms with Gasteiger partial charge in [0.1, 0.15) is 12.3 Å². The van der Waals surface area contributed by atoms with Crippen molar-refractivity contribution in [1.29, 1.82) is 0 Å². The zero-order chi connectivity index (χ0) is 20.7. The Labute approximate surface area is 163 Å². The van der Waals surface area contributed by atoms with Gasteiger partial charge in [-0.2, -0.15) is 0 Å². The van der Waals surface area contributed by atoms with Crippen LogP contribution in [0.25, 0.3) is 0 Å². The second-order valence-electron chi connectivity index (χ2n) is 5.80. The molecule has 0 spiro atoms. The van der Waals surface area contributed by atoms with E-state index in [0.717, 1.165) is 5.56 Å². The number of esters is 2. The molecule has 1 amide bonds. The third-order valence-electron chi connectivity index (χ3n) is 3.92. The number of hydrogen-bond donors (Lipinski definition) is 1. The van der Waals surface area contributed by atoms with E-state index >= 15 is 0 Å². The summed E-state index contributed by atoms with van der Waals surface area (Å²) < 4.78 is 14.5. The maximum absolute atomic E-state index is 12.5. The number of nitrogens with one attached hydrogen (secondary N) is 1. The minimum absolute atomic E-state index is 0.00261. The lowest BCUT2D eigenvalue weighted by molar-refractivity contribution is -0.139. The van der Waals surface area contributed by atoms with Gasteiger partial charge in [0.05, 0.1) is 25.5 Å². The largest absolute Gasteiger partial charge is 0.465 e. The molecule has 28 heavy (non-hydrogen) atoms. The molecule has 1 aromatic carbocycles. The number of hydrogen-bond acceptors (Lipinski definition) is 7. The highest BCUT2D eigenvalue weighted by molar-refractivity contribution is 6.05. The zero-order valence-corrected chi connectivity index (χ0v) is 16.1. The molecule has 2 rings (SSSR count). The molecule has 0 saturated heterocycles. The van der Waals surface area contributed by atoms with E-state index in [0.29, 0.717) is 11.4 Å². The Morgan fingerprint density at radius 3 is 2.39 bits per heavy atom. The summed E-state index contributed by atoms with van der Waals surface area (Å²) in [4.78, 5) is 38.1. The van der Waals surface area contributed by atoms with E-state index in [9.17, 15) is 14.4 Å². The Kier molecular flexibility index (Phi) is 7.11. The van der Waals surface area contributed by atoms with Crippen LogP contribution < -0.4 is 10.2 Å². The Balaban J connectivity index is 2.58. The van der Waals surface area contributed by atoms with Gasteiger partial charge in [0.2, 0.25) is 5.91 Å². The minimum Gasteiger partial charge on any atom is -0.465 e. The highest BCUT2D eigenvalue weighted by atomic mass is 16.5. The molecule has 1 N–H and O–H groups in total. The van der Waals surface area contributed by atoms with Gasteiger partial charge in [0, 0.05) is 19.0 Å². The van der Waals surface area contributed by atoms with Gasteiger partial charge in [0.15, 0.2) is 0 Å². The fraction of sp³-hybridized carbons (Fsp3) is 0.250. The van der Waals surface area contributed by atoms with Gasteiger partial charge in [-0.3, -0.25) is 4.79 Å². The van der Waals surface area contributed by atoms with E-state index in [4.69, 9.17) is 14.2 Å². The Hall–Kier alpha value is -3.39. The quantitative estimate of drug-likeness (QED) is 0.748. The summed E-state index contributed by atoms with van der Waals surface area (Å²) in [6.07, 6.45) is 6.40. The van der Waals surface area contributed by atoms with Crippen molar-refractivity contribution in [2.24, 2.45) is 0 Å². The monoisotopic (exact) mass is 386 g/mol. The molecule has 0 fully saturated rings. The molecule has 1 aliphatic heterocycles. The zero-order valence-electron chi connectivity index (χ0n) is 16.1. The van der Waals surface area contributed by atoms with Crippen LogP contribution >= 0.6 is 0 Å². The van der Waals surface area contributed by atoms with Crippen LogP contribution in [-0.4, -0.2) is 45.8 Å². The number of benzene rings is 1. The number of carbonyl (C=O) groups is 3. The van der Waals surface area contributed by atoms with Gasteiger partial charge in [-0.05, 0) is 36.8 Å². The lowest BCUT2D eigenvalue weighted by Gasteiger charge is -2.25. The number of nitrogens with zero attached hydrogens (tertiary/aromatic N) is 1. The van der Waals surface area contributed by atoms with Crippen molar-refractivity contribution in [3.05, 3.63) is 59.5 Å². The smallest absolute Gasteiger partial charge is 0.355 e. The average molecular weight is 386 g/mol. The van der Waals surface area contributed by atoms with Crippen molar-refractivity contribution in [1.82, 2.24) is 0 Å². The Bertz CT molecular complexity index is 869. The standard InChI is InChI=1S/C20H22N2O6/c1-13-8-9-14(21-17(23)12-26-2)11-16(13)22-10-6-5-7-15(19(24)27-3)18(22)20(25)28-4/h5-11H,12H2,1-4H3,(H,21,23). The van der Waals surface area contributed by atoms with Gasteiger partial charge in [-0.25, -0.2) is 9.59 Å². The van der Waals surface area contributed by atoms with Crippen LogP contribution in [0.3, 0.4) is 0 Å². The predicted molar refractivity (Wildman–Crippen MR) is 104 cm³/mol. The summed E-state index contributed by atoms with van der Waals surface area (Å²) in [5.41, 5.74) is 1.95. The van der Waals surface area contributed by atoms with Crippen molar-refractivity contribution in [2.45, 2.75) is 6.92 Å². The van der Waals surface area contributed by atoms with E-state index in [1.165, 1.54) is 32.3 Å². The maximum atomic E-state index is 12.5. The van der Waals surface area contributed by atoms with Crippen LogP contribution in [0.4, 0.5) is 11.4 Å². The van der Waals surface area contributed by atoms with E-state index in [-0.39, 0.29) is 23.8 Å². The number of amides is 1. The highest BCUT2D eigenvalue weighted by Crippen LogP contribution is 2.31. The first-order valence-corrected chi connectivity index (χ1v) is 8.37. The molecule has 8 heteroatoms. The molecule has 1 aromatic rings. The molecule has 1 heterocycles. The fourth-order valence-corrected chi connectivity index (χ4v) is 2.63. The van der Waals surface area contributed by atoms with Crippen molar-refractivity contribution < 1.29 is 28.6 Å². The number of methoxy groups -OCH3 is 3. The van der Waals surface area contributed by atoms with E-state index in [1.54, 1.807) is 36.6 Å². The summed E-state index contributed by atoms with van der Waals surface area (Å²) >= 11 is 0. The van der Waals surface area contributed by atoms with Gasteiger partial charge < -0.3 is 24.4 Å². The number of allylic oxidation sites excluding steroid dienone is 2. The summed E-state index contributed by atoms with van der Waals surface area (Å²) in [6.45, 7) is 1.76. The molecule has 1 aliphatic rings. The van der Waals surface area contributed by atoms with Crippen molar-refractivity contribution >= 4 is 29.2 Å². The lowest BCUT2D eigenvalue weighted by Crippen LogP contribution is -2.27. The SMILES string of the molecule is COCC(=O)Nc1ccc(C)c(N2C=CC=CC(C(=O)OC)=C2C(=O)OC)c1. The second-order valence-corrected chi connectivity index (χ2v) is 5.80. The van der Waals surface area contributed by atoms with Crippen LogP contribution in [0.15, 0.2) is 53.9 Å². The molecule has 0 radical (unpaired) electrons. The topological polar surface area (TPSA) is 94.2 Å². The Morgan fingerprint density at radius 1 is 1.04 bits per heavy atom. The summed E-state index contributed by atoms with van der Waals surface area (Å²) in [5, 5.41) is 2.71. The first-order valence-electron chi connectivity index (χ1n) is 8.37. The summed E-state index contributed by atoms with van der Waals surface area (Å²) in [5.74, 6) is -1.69. The van der Waals surface area contributed by atoms with Crippen LogP contribution in [0.1, 0.15) is 5.56 Å². The molecule has 8 nitrogen and oxygen atoms in total. The predicted octanol–water partition coefficient (Wildman–Crippen LogP) is 2.07. The van der Waals surface area contributed by atoms with Crippen LogP contribution in [-0.2, 0) is 28.6 Å².